The summed E-state index contributed by atoms with van der Waals surface area (Å²) in [5, 5.41) is 0. The van der Waals surface area contributed by atoms with Crippen molar-refractivity contribution < 1.29 is 13.6 Å². The minimum atomic E-state index is -3.13. The lowest BCUT2D eigenvalue weighted by Crippen LogP contribution is -1.80. The van der Waals surface area contributed by atoms with Crippen LogP contribution in [0.15, 0.2) is 24.3 Å². The molecule has 1 aliphatic heterocycles. The molecule has 1 heterocycles. The van der Waals surface area contributed by atoms with Crippen LogP contribution in [0.4, 0.5) is 0 Å². The van der Waals surface area contributed by atoms with E-state index in [1.54, 1.807) is 24.3 Å². The van der Waals surface area contributed by atoms with Gasteiger partial charge >= 0.3 is 6.80 Å². The number of thiol groups is 1. The molecule has 11 heavy (non-hydrogen) atoms. The second-order valence-corrected chi connectivity index (χ2v) is 4.87. The number of hydrogen-bond donors (Lipinski definition) is 1. The molecule has 0 bridgehead atoms. The lowest BCUT2D eigenvalue weighted by atomic mass is 10.3. The van der Waals surface area contributed by atoms with E-state index in [0.29, 0.717) is 11.5 Å². The first kappa shape index (κ1) is 7.07. The smallest absolute Gasteiger partial charge is 0.405 e. The Morgan fingerprint density at radius 2 is 1.64 bits per heavy atom. The number of hydrogen-bond acceptors (Lipinski definition) is 3. The molecule has 0 fully saturated rings. The monoisotopic (exact) mass is 188 g/mol. The Morgan fingerprint density at radius 3 is 2.09 bits per heavy atom. The van der Waals surface area contributed by atoms with Crippen LogP contribution in [0.2, 0.25) is 0 Å². The average Bonchev–Trinajstić information content (AvgIpc) is 2.21. The normalized spacial score (nSPS) is 18.3. The Morgan fingerprint density at radius 1 is 1.18 bits per heavy atom. The molecule has 3 nitrogen and oxygen atoms in total. The fourth-order valence-corrected chi connectivity index (χ4v) is 2.23. The van der Waals surface area contributed by atoms with Crippen molar-refractivity contribution >= 4 is 19.0 Å². The van der Waals surface area contributed by atoms with Gasteiger partial charge in [0.2, 0.25) is 0 Å². The molecule has 0 radical (unpaired) electrons. The fourth-order valence-electron chi connectivity index (χ4n) is 0.868. The molecule has 0 aromatic heterocycles. The first-order valence-electron chi connectivity index (χ1n) is 2.98. The number of para-hydroxylation sites is 2. The van der Waals surface area contributed by atoms with Crippen LogP contribution in [-0.2, 0) is 4.57 Å². The highest BCUT2D eigenvalue weighted by Crippen LogP contribution is 2.60. The minimum Gasteiger partial charge on any atom is -0.405 e. The summed E-state index contributed by atoms with van der Waals surface area (Å²) in [5.74, 6) is 0.983. The van der Waals surface area contributed by atoms with Crippen LogP contribution in [0.5, 0.6) is 11.5 Å². The molecule has 0 saturated carbocycles. The van der Waals surface area contributed by atoms with Crippen LogP contribution in [0, 0.1) is 0 Å². The van der Waals surface area contributed by atoms with E-state index in [9.17, 15) is 4.57 Å². The number of rotatable bonds is 0. The molecule has 1 aromatic carbocycles. The Hall–Kier alpha value is -0.600. The standard InChI is InChI=1S/C6H5O3PS/c7-10(11)8-5-3-1-2-4-6(5)9-10/h1-4H,(H,7,11). The second-order valence-electron chi connectivity index (χ2n) is 2.10. The van der Waals surface area contributed by atoms with Crippen molar-refractivity contribution in [3.8, 4) is 11.5 Å². The van der Waals surface area contributed by atoms with Crippen molar-refractivity contribution in [2.45, 2.75) is 0 Å². The first-order valence-corrected chi connectivity index (χ1v) is 5.68. The van der Waals surface area contributed by atoms with Gasteiger partial charge in [-0.1, -0.05) is 12.1 Å². The summed E-state index contributed by atoms with van der Waals surface area (Å²) in [7, 11) is 0. The summed E-state index contributed by atoms with van der Waals surface area (Å²) in [5.41, 5.74) is 0. The molecular weight excluding hydrogens is 183 g/mol. The van der Waals surface area contributed by atoms with Crippen molar-refractivity contribution in [1.29, 1.82) is 0 Å². The van der Waals surface area contributed by atoms with Crippen molar-refractivity contribution in [3.05, 3.63) is 24.3 Å². The second kappa shape index (κ2) is 2.19. The van der Waals surface area contributed by atoms with Crippen LogP contribution in [0.25, 0.3) is 0 Å². The zero-order valence-corrected chi connectivity index (χ0v) is 7.22. The highest BCUT2D eigenvalue weighted by atomic mass is 32.7. The molecule has 0 N–H and O–H groups in total. The van der Waals surface area contributed by atoms with Gasteiger partial charge in [-0.05, 0) is 24.4 Å². The SMILES string of the molecule is O=P1(S)Oc2ccccc2O1. The van der Waals surface area contributed by atoms with E-state index in [1.807, 2.05) is 0 Å². The maximum absolute atomic E-state index is 11.1. The highest BCUT2D eigenvalue weighted by Gasteiger charge is 2.31. The predicted molar refractivity (Wildman–Crippen MR) is 44.3 cm³/mol. The Labute approximate surface area is 69.0 Å². The number of benzene rings is 1. The van der Waals surface area contributed by atoms with Gasteiger partial charge in [-0.2, -0.15) is 0 Å². The molecular formula is C6H5O3PS. The van der Waals surface area contributed by atoms with Gasteiger partial charge in [-0.15, -0.1) is 0 Å². The van der Waals surface area contributed by atoms with E-state index in [0.717, 1.165) is 0 Å². The Balaban J connectivity index is 2.49. The fraction of sp³-hybridized carbons (Fsp3) is 0. The van der Waals surface area contributed by atoms with E-state index in [-0.39, 0.29) is 0 Å². The van der Waals surface area contributed by atoms with Crippen LogP contribution >= 0.6 is 19.0 Å². The number of fused-ring (bicyclic) bond motifs is 1. The Kier molecular flexibility index (Phi) is 1.41. The van der Waals surface area contributed by atoms with E-state index >= 15 is 0 Å². The molecule has 58 valence electrons. The highest BCUT2D eigenvalue weighted by molar-refractivity contribution is 8.44. The third-order valence-corrected chi connectivity index (χ3v) is 2.62. The average molecular weight is 188 g/mol. The first-order chi connectivity index (χ1) is 5.17. The molecule has 0 saturated heterocycles. The quantitative estimate of drug-likeness (QED) is 0.501. The minimum absolute atomic E-state index is 0.492. The van der Waals surface area contributed by atoms with Crippen LogP contribution < -0.4 is 9.05 Å². The summed E-state index contributed by atoms with van der Waals surface area (Å²) in [6.07, 6.45) is 0. The van der Waals surface area contributed by atoms with Gasteiger partial charge in [0.1, 0.15) is 0 Å². The van der Waals surface area contributed by atoms with E-state index < -0.39 is 6.80 Å². The van der Waals surface area contributed by atoms with Crippen molar-refractivity contribution in [1.82, 2.24) is 0 Å². The maximum atomic E-state index is 11.1. The van der Waals surface area contributed by atoms with Crippen molar-refractivity contribution in [3.63, 3.8) is 0 Å². The molecule has 0 unspecified atom stereocenters. The lowest BCUT2D eigenvalue weighted by molar-refractivity contribution is 0.454. The summed E-state index contributed by atoms with van der Waals surface area (Å²) in [4.78, 5) is 0. The summed E-state index contributed by atoms with van der Waals surface area (Å²) >= 11 is 3.71. The van der Waals surface area contributed by atoms with Gasteiger partial charge in [0.05, 0.1) is 0 Å². The van der Waals surface area contributed by atoms with Crippen LogP contribution in [0.1, 0.15) is 0 Å². The summed E-state index contributed by atoms with van der Waals surface area (Å²) < 4.78 is 20.9. The molecule has 0 atom stereocenters. The Bertz CT molecular complexity index is 309. The van der Waals surface area contributed by atoms with Gasteiger partial charge in [-0.3, -0.25) is 0 Å². The molecule has 1 aromatic rings. The van der Waals surface area contributed by atoms with Gasteiger partial charge in [0.15, 0.2) is 11.5 Å². The van der Waals surface area contributed by atoms with Crippen LogP contribution in [-0.4, -0.2) is 0 Å². The third-order valence-electron chi connectivity index (χ3n) is 1.28. The maximum Gasteiger partial charge on any atom is 0.490 e. The van der Waals surface area contributed by atoms with Gasteiger partial charge in [-0.25, -0.2) is 4.57 Å². The molecule has 1 aliphatic rings. The summed E-state index contributed by atoms with van der Waals surface area (Å²) in [6, 6.07) is 6.93. The third kappa shape index (κ3) is 1.24. The predicted octanol–water partition coefficient (Wildman–Crippen LogP) is 2.50. The molecule has 0 aliphatic carbocycles. The van der Waals surface area contributed by atoms with Crippen molar-refractivity contribution in [2.75, 3.05) is 0 Å². The zero-order valence-electron chi connectivity index (χ0n) is 5.43. The van der Waals surface area contributed by atoms with Crippen LogP contribution in [0.3, 0.4) is 0 Å². The topological polar surface area (TPSA) is 35.5 Å². The zero-order chi connectivity index (χ0) is 7.90. The van der Waals surface area contributed by atoms with Gasteiger partial charge in [0, 0.05) is 0 Å². The van der Waals surface area contributed by atoms with Crippen molar-refractivity contribution in [2.24, 2.45) is 0 Å². The van der Waals surface area contributed by atoms with Gasteiger partial charge in [0.25, 0.3) is 0 Å². The van der Waals surface area contributed by atoms with E-state index in [1.165, 1.54) is 0 Å². The van der Waals surface area contributed by atoms with E-state index in [2.05, 4.69) is 12.2 Å². The van der Waals surface area contributed by atoms with Gasteiger partial charge < -0.3 is 9.05 Å². The van der Waals surface area contributed by atoms with E-state index in [4.69, 9.17) is 9.05 Å². The summed E-state index contributed by atoms with van der Waals surface area (Å²) in [6.45, 7) is -3.13. The molecule has 0 spiro atoms. The largest absolute Gasteiger partial charge is 0.490 e. The molecule has 5 heteroatoms. The lowest BCUT2D eigenvalue weighted by Gasteiger charge is -1.98. The molecule has 2 rings (SSSR count). The molecule has 0 amide bonds.